The predicted octanol–water partition coefficient (Wildman–Crippen LogP) is 2.44. The van der Waals surface area contributed by atoms with E-state index < -0.39 is 12.2 Å². The number of hydrogen-bond donors (Lipinski definition) is 0. The Morgan fingerprint density at radius 2 is 1.94 bits per heavy atom. The van der Waals surface area contributed by atoms with Crippen LogP contribution in [0.15, 0.2) is 24.3 Å². The predicted molar refractivity (Wildman–Crippen MR) is 53.2 cm³/mol. The average molecular weight is 231 g/mol. The molecular weight excluding hydrogens is 219 g/mol. The highest BCUT2D eigenvalue weighted by atomic mass is 19.4. The molecule has 0 aromatic heterocycles. The number of ether oxygens (including phenoxy) is 1. The molecule has 1 aliphatic rings. The Morgan fingerprint density at radius 1 is 1.31 bits per heavy atom. The molecule has 1 saturated heterocycles. The number of benzene rings is 1. The van der Waals surface area contributed by atoms with E-state index in [1.807, 2.05) is 0 Å². The molecule has 2 atom stereocenters. The summed E-state index contributed by atoms with van der Waals surface area (Å²) in [5.74, 6) is 0.710. The summed E-state index contributed by atoms with van der Waals surface area (Å²) in [6.45, 7) is 0.448. The SMILES string of the molecule is COc1ccc(CN2C[C@@H]2C(F)(F)F)cc1. The van der Waals surface area contributed by atoms with Gasteiger partial charge in [-0.1, -0.05) is 12.1 Å². The molecule has 1 heterocycles. The minimum Gasteiger partial charge on any atom is -0.497 e. The van der Waals surface area contributed by atoms with Crippen LogP contribution in [0.25, 0.3) is 0 Å². The van der Waals surface area contributed by atoms with Crippen LogP contribution in [-0.4, -0.2) is 30.8 Å². The van der Waals surface area contributed by atoms with Gasteiger partial charge in [0.05, 0.1) is 7.11 Å². The van der Waals surface area contributed by atoms with Crippen molar-refractivity contribution < 1.29 is 17.9 Å². The molecule has 1 aliphatic heterocycles. The minimum absolute atomic E-state index is 0.107. The first-order valence-electron chi connectivity index (χ1n) is 4.94. The first-order valence-corrected chi connectivity index (χ1v) is 4.94. The lowest BCUT2D eigenvalue weighted by Crippen LogP contribution is -2.20. The molecule has 0 saturated carbocycles. The van der Waals surface area contributed by atoms with Crippen LogP contribution in [0.3, 0.4) is 0 Å². The van der Waals surface area contributed by atoms with E-state index in [-0.39, 0.29) is 6.54 Å². The number of methoxy groups -OCH3 is 1. The maximum Gasteiger partial charge on any atom is 0.405 e. The van der Waals surface area contributed by atoms with E-state index in [0.29, 0.717) is 12.3 Å². The van der Waals surface area contributed by atoms with Crippen molar-refractivity contribution in [3.8, 4) is 5.75 Å². The fourth-order valence-corrected chi connectivity index (χ4v) is 1.63. The summed E-state index contributed by atoms with van der Waals surface area (Å²) >= 11 is 0. The van der Waals surface area contributed by atoms with E-state index in [9.17, 15) is 13.2 Å². The lowest BCUT2D eigenvalue weighted by atomic mass is 10.2. The van der Waals surface area contributed by atoms with Crippen LogP contribution in [0, 0.1) is 0 Å². The summed E-state index contributed by atoms with van der Waals surface area (Å²) in [6.07, 6.45) is -4.09. The lowest BCUT2D eigenvalue weighted by molar-refractivity contribution is -0.136. The third-order valence-corrected chi connectivity index (χ3v) is 2.64. The Bertz CT molecular complexity index is 360. The number of hydrogen-bond acceptors (Lipinski definition) is 2. The molecule has 1 fully saturated rings. The lowest BCUT2D eigenvalue weighted by Gasteiger charge is -2.07. The van der Waals surface area contributed by atoms with Gasteiger partial charge in [-0.3, -0.25) is 4.90 Å². The van der Waals surface area contributed by atoms with E-state index in [1.165, 1.54) is 4.90 Å². The first-order chi connectivity index (χ1) is 7.50. The van der Waals surface area contributed by atoms with Crippen molar-refractivity contribution in [3.05, 3.63) is 29.8 Å². The van der Waals surface area contributed by atoms with E-state index in [1.54, 1.807) is 31.4 Å². The largest absolute Gasteiger partial charge is 0.497 e. The second-order valence-electron chi connectivity index (χ2n) is 3.83. The summed E-state index contributed by atoms with van der Waals surface area (Å²) < 4.78 is 41.7. The quantitative estimate of drug-likeness (QED) is 0.741. The highest BCUT2D eigenvalue weighted by molar-refractivity contribution is 5.27. The molecule has 0 radical (unpaired) electrons. The molecule has 1 aromatic carbocycles. The van der Waals surface area contributed by atoms with Gasteiger partial charge in [0.2, 0.25) is 0 Å². The van der Waals surface area contributed by atoms with Crippen molar-refractivity contribution in [3.63, 3.8) is 0 Å². The fraction of sp³-hybridized carbons (Fsp3) is 0.455. The van der Waals surface area contributed by atoms with Gasteiger partial charge in [0.15, 0.2) is 0 Å². The molecule has 88 valence electrons. The number of nitrogens with zero attached hydrogens (tertiary/aromatic N) is 1. The fourth-order valence-electron chi connectivity index (χ4n) is 1.63. The van der Waals surface area contributed by atoms with Gasteiger partial charge in [-0.15, -0.1) is 0 Å². The Labute approximate surface area is 91.6 Å². The minimum atomic E-state index is -4.09. The van der Waals surface area contributed by atoms with Gasteiger partial charge in [0, 0.05) is 13.1 Å². The van der Waals surface area contributed by atoms with Crippen LogP contribution in [-0.2, 0) is 6.54 Å². The Hall–Kier alpha value is -1.23. The molecule has 2 rings (SSSR count). The average Bonchev–Trinajstić information content (AvgIpc) is 2.98. The van der Waals surface area contributed by atoms with Gasteiger partial charge in [-0.05, 0) is 17.7 Å². The number of rotatable bonds is 3. The van der Waals surface area contributed by atoms with Crippen molar-refractivity contribution in [1.29, 1.82) is 0 Å². The van der Waals surface area contributed by atoms with E-state index in [0.717, 1.165) is 5.56 Å². The van der Waals surface area contributed by atoms with E-state index in [4.69, 9.17) is 4.74 Å². The van der Waals surface area contributed by atoms with Crippen LogP contribution < -0.4 is 4.74 Å². The monoisotopic (exact) mass is 231 g/mol. The second-order valence-corrected chi connectivity index (χ2v) is 3.83. The molecule has 0 amide bonds. The van der Waals surface area contributed by atoms with Gasteiger partial charge >= 0.3 is 6.18 Å². The number of halogens is 3. The van der Waals surface area contributed by atoms with Gasteiger partial charge in [-0.2, -0.15) is 13.2 Å². The molecular formula is C11H12F3NO. The standard InChI is InChI=1S/C11H12F3NO/c1-16-9-4-2-8(3-5-9)6-15-7-10(15)11(12,13)14/h2-5,10H,6-7H2,1H3/t10-,15?/m1/s1. The van der Waals surface area contributed by atoms with Gasteiger partial charge in [0.25, 0.3) is 0 Å². The van der Waals surface area contributed by atoms with Crippen LogP contribution in [0.5, 0.6) is 5.75 Å². The zero-order valence-electron chi connectivity index (χ0n) is 8.79. The van der Waals surface area contributed by atoms with Crippen molar-refractivity contribution in [2.75, 3.05) is 13.7 Å². The van der Waals surface area contributed by atoms with Crippen LogP contribution in [0.4, 0.5) is 13.2 Å². The van der Waals surface area contributed by atoms with Crippen LogP contribution in [0.2, 0.25) is 0 Å². The Kier molecular flexibility index (Phi) is 2.80. The topological polar surface area (TPSA) is 12.2 Å². The molecule has 5 heteroatoms. The molecule has 1 unspecified atom stereocenters. The third kappa shape index (κ3) is 2.47. The summed E-state index contributed by atoms with van der Waals surface area (Å²) in [6, 6.07) is 5.81. The number of alkyl halides is 3. The van der Waals surface area contributed by atoms with Crippen LogP contribution in [0.1, 0.15) is 5.56 Å². The molecule has 0 bridgehead atoms. The van der Waals surface area contributed by atoms with Crippen molar-refractivity contribution in [2.45, 2.75) is 18.8 Å². The summed E-state index contributed by atoms with van der Waals surface area (Å²) in [5.41, 5.74) is 0.868. The van der Waals surface area contributed by atoms with Gasteiger partial charge in [-0.25, -0.2) is 0 Å². The van der Waals surface area contributed by atoms with Gasteiger partial charge in [0.1, 0.15) is 11.8 Å². The molecule has 2 nitrogen and oxygen atoms in total. The molecule has 0 N–H and O–H groups in total. The summed E-state index contributed by atoms with van der Waals surface area (Å²) in [7, 11) is 1.55. The van der Waals surface area contributed by atoms with E-state index in [2.05, 4.69) is 0 Å². The second kappa shape index (κ2) is 3.97. The van der Waals surface area contributed by atoms with Crippen molar-refractivity contribution >= 4 is 0 Å². The molecule has 16 heavy (non-hydrogen) atoms. The Morgan fingerprint density at radius 3 is 2.38 bits per heavy atom. The molecule has 0 aliphatic carbocycles. The highest BCUT2D eigenvalue weighted by Crippen LogP contribution is 2.35. The van der Waals surface area contributed by atoms with E-state index >= 15 is 0 Å². The third-order valence-electron chi connectivity index (χ3n) is 2.64. The van der Waals surface area contributed by atoms with Crippen LogP contribution >= 0.6 is 0 Å². The van der Waals surface area contributed by atoms with Crippen molar-refractivity contribution in [1.82, 2.24) is 4.90 Å². The maximum atomic E-state index is 12.3. The Balaban J connectivity index is 1.92. The maximum absolute atomic E-state index is 12.3. The van der Waals surface area contributed by atoms with Crippen molar-refractivity contribution in [2.24, 2.45) is 0 Å². The zero-order valence-corrected chi connectivity index (χ0v) is 8.79. The first kappa shape index (κ1) is 11.3. The highest BCUT2D eigenvalue weighted by Gasteiger charge is 2.53. The zero-order chi connectivity index (χ0) is 11.8. The summed E-state index contributed by atoms with van der Waals surface area (Å²) in [5, 5.41) is 0. The normalized spacial score (nSPS) is 24.2. The molecule has 1 aromatic rings. The summed E-state index contributed by atoms with van der Waals surface area (Å²) in [4.78, 5) is 1.39. The molecule has 0 spiro atoms. The smallest absolute Gasteiger partial charge is 0.405 e. The van der Waals surface area contributed by atoms with Gasteiger partial charge < -0.3 is 4.74 Å².